The molecule has 0 saturated heterocycles. The van der Waals surface area contributed by atoms with Gasteiger partial charge < -0.3 is 48.1 Å². The average molecular weight is 587 g/mol. The van der Waals surface area contributed by atoms with Gasteiger partial charge in [0, 0.05) is 49.3 Å². The van der Waals surface area contributed by atoms with Crippen molar-refractivity contribution >= 4 is 52.9 Å². The monoisotopic (exact) mass is 586 g/mol. The maximum absolute atomic E-state index is 13.0. The molecule has 0 fully saturated rings. The van der Waals surface area contributed by atoms with Gasteiger partial charge in [0.15, 0.2) is 5.78 Å². The Morgan fingerprint density at radius 2 is 1.74 bits per heavy atom. The molecule has 1 aromatic carbocycles. The zero-order chi connectivity index (χ0) is 31.1. The molecule has 1 aliphatic heterocycles. The van der Waals surface area contributed by atoms with Gasteiger partial charge in [0.25, 0.3) is 5.91 Å². The van der Waals surface area contributed by atoms with Gasteiger partial charge in [0.2, 0.25) is 5.95 Å². The third-order valence-corrected chi connectivity index (χ3v) is 7.04. The first-order chi connectivity index (χ1) is 19.8. The van der Waals surface area contributed by atoms with Gasteiger partial charge in [-0.25, -0.2) is 0 Å². The number of aliphatic carboxylic acids is 3. The fourth-order valence-electron chi connectivity index (χ4n) is 4.69. The number of ketones is 1. The topological polar surface area (TPSA) is 277 Å². The molecule has 0 saturated carbocycles. The molecule has 0 aliphatic carbocycles. The Balaban J connectivity index is 1.66. The largest absolute Gasteiger partial charge is 0.481 e. The van der Waals surface area contributed by atoms with E-state index in [9.17, 15) is 29.1 Å². The fourth-order valence-corrected chi connectivity index (χ4v) is 4.69. The van der Waals surface area contributed by atoms with Crippen molar-refractivity contribution in [2.45, 2.75) is 43.7 Å². The van der Waals surface area contributed by atoms with Crippen molar-refractivity contribution in [1.82, 2.24) is 15.3 Å². The van der Waals surface area contributed by atoms with Gasteiger partial charge >= 0.3 is 17.9 Å². The Kier molecular flexibility index (Phi) is 10.2. The molecule has 11 N–H and O–H groups in total. The minimum Gasteiger partial charge on any atom is -0.481 e. The number of nitrogens with zero attached hydrogens (tertiary/aromatic N) is 3. The number of rotatable bonds is 15. The number of nitrogens with one attached hydrogen (secondary N) is 2. The van der Waals surface area contributed by atoms with Crippen molar-refractivity contribution in [2.75, 3.05) is 41.8 Å². The second-order valence-electron chi connectivity index (χ2n) is 10.00. The number of hydrogen-bond donors (Lipinski definition) is 8. The molecule has 0 spiro atoms. The molecule has 2 unspecified atom stereocenters. The zero-order valence-corrected chi connectivity index (χ0v) is 22.8. The number of carboxylic acid groups (broad SMARTS) is 3. The summed E-state index contributed by atoms with van der Waals surface area (Å²) in [5.41, 5.74) is 18.9. The minimum atomic E-state index is -1.85. The predicted molar refractivity (Wildman–Crippen MR) is 151 cm³/mol. The number of carbonyl (C=O) groups excluding carboxylic acids is 2. The lowest BCUT2D eigenvalue weighted by Crippen LogP contribution is -2.47. The molecule has 3 rings (SSSR count). The molecule has 1 amide bonds. The summed E-state index contributed by atoms with van der Waals surface area (Å²) in [6, 6.07) is 3.26. The molecular weight excluding hydrogens is 552 g/mol. The molecule has 42 heavy (non-hydrogen) atoms. The maximum atomic E-state index is 13.0. The molecule has 1 aromatic heterocycles. The molecule has 2 aromatic rings. The van der Waals surface area contributed by atoms with Crippen molar-refractivity contribution in [1.29, 1.82) is 0 Å². The van der Waals surface area contributed by atoms with Crippen LogP contribution < -0.4 is 32.7 Å². The number of aromatic nitrogens is 2. The fraction of sp³-hybridized carbons (Fsp3) is 0.423. The summed E-state index contributed by atoms with van der Waals surface area (Å²) in [6.07, 6.45) is -0.933. The van der Waals surface area contributed by atoms with Gasteiger partial charge in [-0.05, 0) is 43.5 Å². The first kappa shape index (κ1) is 31.5. The summed E-state index contributed by atoms with van der Waals surface area (Å²) in [5.74, 6) is -6.88. The second-order valence-corrected chi connectivity index (χ2v) is 10.00. The van der Waals surface area contributed by atoms with Crippen molar-refractivity contribution in [3.63, 3.8) is 0 Å². The standard InChI is InChI=1S/C26H34N8O8/c1-34(9-8-13-11-30-22-19(13)21(28)32-26(29)33-22)14-4-2-12(3-5-14)23(38)31-17(6-7-18(35)36)20(37)15(24(39)40)10-16(27)25(41)42/h2-5,13,15-17H,6-11,27H2,1H3,(H,31,38)(H,35,36)(H,39,40)(H,41,42)(H5,28,29,30,32,33)/t13?,15?,16-,17-/m0/s1. The van der Waals surface area contributed by atoms with Crippen LogP contribution in [0, 0.1) is 5.92 Å². The number of hydrogen-bond acceptors (Lipinski definition) is 12. The molecule has 16 nitrogen and oxygen atoms in total. The number of benzene rings is 1. The molecular formula is C26H34N8O8. The lowest BCUT2D eigenvalue weighted by Gasteiger charge is -2.23. The summed E-state index contributed by atoms with van der Waals surface area (Å²) in [4.78, 5) is 70.0. The first-order valence-electron chi connectivity index (χ1n) is 13.0. The Morgan fingerprint density at radius 3 is 2.33 bits per heavy atom. The van der Waals surface area contributed by atoms with Gasteiger partial charge in [-0.3, -0.25) is 24.0 Å². The third-order valence-electron chi connectivity index (χ3n) is 7.04. The molecule has 0 bridgehead atoms. The van der Waals surface area contributed by atoms with Crippen LogP contribution in [-0.4, -0.2) is 87.1 Å². The number of Topliss-reactive ketones (excluding diaryl/α,β-unsaturated/α-hetero) is 1. The van der Waals surface area contributed by atoms with Crippen molar-refractivity contribution < 1.29 is 39.3 Å². The van der Waals surface area contributed by atoms with Gasteiger partial charge in [-0.1, -0.05) is 0 Å². The Morgan fingerprint density at radius 1 is 1.07 bits per heavy atom. The number of fused-ring (bicyclic) bond motifs is 1. The molecule has 16 heteroatoms. The second kappa shape index (κ2) is 13.6. The van der Waals surface area contributed by atoms with Crippen molar-refractivity contribution in [2.24, 2.45) is 11.7 Å². The molecule has 1 aliphatic rings. The Hall–Kier alpha value is -4.99. The van der Waals surface area contributed by atoms with Crippen LogP contribution in [0.1, 0.15) is 47.5 Å². The predicted octanol–water partition coefficient (Wildman–Crippen LogP) is -0.288. The smallest absolute Gasteiger partial charge is 0.320 e. The number of nitrogen functional groups attached to an aromatic ring is 2. The molecule has 226 valence electrons. The van der Waals surface area contributed by atoms with E-state index in [1.165, 1.54) is 12.1 Å². The molecule has 0 radical (unpaired) electrons. The van der Waals surface area contributed by atoms with Gasteiger partial charge in [-0.15, -0.1) is 0 Å². The van der Waals surface area contributed by atoms with Crippen LogP contribution in [0.4, 0.5) is 23.3 Å². The minimum absolute atomic E-state index is 0.0769. The highest BCUT2D eigenvalue weighted by Crippen LogP contribution is 2.36. The first-order valence-corrected chi connectivity index (χ1v) is 13.0. The highest BCUT2D eigenvalue weighted by molar-refractivity contribution is 6.04. The number of carboxylic acids is 3. The van der Waals surface area contributed by atoms with Crippen LogP contribution >= 0.6 is 0 Å². The lowest BCUT2D eigenvalue weighted by atomic mass is 9.89. The summed E-state index contributed by atoms with van der Waals surface area (Å²) in [7, 11) is 1.87. The molecule has 4 atom stereocenters. The van der Waals surface area contributed by atoms with E-state index in [0.717, 1.165) is 17.7 Å². The average Bonchev–Trinajstić information content (AvgIpc) is 3.34. The number of nitrogens with two attached hydrogens (primary N) is 3. The van der Waals surface area contributed by atoms with Gasteiger partial charge in [-0.2, -0.15) is 9.97 Å². The summed E-state index contributed by atoms with van der Waals surface area (Å²) in [6.45, 7) is 1.26. The number of carbonyl (C=O) groups is 5. The van der Waals surface area contributed by atoms with E-state index in [0.29, 0.717) is 24.7 Å². The quantitative estimate of drug-likeness (QED) is 0.124. The zero-order valence-electron chi connectivity index (χ0n) is 22.8. The summed E-state index contributed by atoms with van der Waals surface area (Å²) >= 11 is 0. The van der Waals surface area contributed by atoms with Crippen molar-refractivity contribution in [3.8, 4) is 0 Å². The molecule has 2 heterocycles. The van der Waals surface area contributed by atoms with E-state index in [1.54, 1.807) is 12.1 Å². The maximum Gasteiger partial charge on any atom is 0.320 e. The van der Waals surface area contributed by atoms with E-state index in [1.807, 2.05) is 11.9 Å². The third kappa shape index (κ3) is 7.81. The summed E-state index contributed by atoms with van der Waals surface area (Å²) < 4.78 is 0. The van der Waals surface area contributed by atoms with Gasteiger partial charge in [0.1, 0.15) is 23.6 Å². The van der Waals surface area contributed by atoms with Crippen LogP contribution in [0.15, 0.2) is 24.3 Å². The van der Waals surface area contributed by atoms with E-state index >= 15 is 0 Å². The Bertz CT molecular complexity index is 1350. The normalized spacial score (nSPS) is 15.9. The van der Waals surface area contributed by atoms with Crippen LogP contribution in [-0.2, 0) is 19.2 Å². The van der Waals surface area contributed by atoms with Crippen LogP contribution in [0.2, 0.25) is 0 Å². The van der Waals surface area contributed by atoms with Crippen LogP contribution in [0.5, 0.6) is 0 Å². The van der Waals surface area contributed by atoms with E-state index in [-0.39, 0.29) is 17.4 Å². The van der Waals surface area contributed by atoms with E-state index < -0.39 is 66.9 Å². The van der Waals surface area contributed by atoms with Crippen LogP contribution in [0.25, 0.3) is 0 Å². The summed E-state index contributed by atoms with van der Waals surface area (Å²) in [5, 5.41) is 33.2. The Labute approximate surface area is 240 Å². The highest BCUT2D eigenvalue weighted by Gasteiger charge is 2.36. The number of anilines is 4. The van der Waals surface area contributed by atoms with E-state index in [4.69, 9.17) is 27.4 Å². The van der Waals surface area contributed by atoms with Crippen LogP contribution in [0.3, 0.4) is 0 Å². The SMILES string of the molecule is CN(CCC1CNc2nc(N)nc(N)c21)c1ccc(C(=O)N[C@@H](CCC(=O)O)C(=O)C(C[C@H](N)C(=O)O)C(=O)O)cc1. The van der Waals surface area contributed by atoms with Crippen molar-refractivity contribution in [3.05, 3.63) is 35.4 Å². The highest BCUT2D eigenvalue weighted by atomic mass is 16.4. The number of amides is 1. The van der Waals surface area contributed by atoms with Gasteiger partial charge in [0.05, 0.1) is 6.04 Å². The van der Waals surface area contributed by atoms with E-state index in [2.05, 4.69) is 20.6 Å². The lowest BCUT2D eigenvalue weighted by molar-refractivity contribution is -0.148.